The number of nitrogens with one attached hydrogen (secondary N) is 1. The van der Waals surface area contributed by atoms with Crippen LogP contribution in [0.2, 0.25) is 0 Å². The van der Waals surface area contributed by atoms with Gasteiger partial charge in [0.2, 0.25) is 0 Å². The number of hydrogen-bond acceptors (Lipinski definition) is 4. The highest BCUT2D eigenvalue weighted by atomic mass is 32.1. The van der Waals surface area contributed by atoms with Gasteiger partial charge in [0.15, 0.2) is 0 Å². The van der Waals surface area contributed by atoms with Crippen LogP contribution in [0.5, 0.6) is 0 Å². The molecular weight excluding hydrogens is 296 g/mol. The lowest BCUT2D eigenvalue weighted by molar-refractivity contribution is 0.0944. The zero-order chi connectivity index (χ0) is 15.5. The second-order valence-corrected chi connectivity index (χ2v) is 6.78. The average molecular weight is 318 g/mol. The molecule has 2 aromatic rings. The number of carbonyl (C=O) groups excluding carboxylic acids is 1. The first-order chi connectivity index (χ1) is 10.6. The van der Waals surface area contributed by atoms with Gasteiger partial charge in [0.1, 0.15) is 0 Å². The van der Waals surface area contributed by atoms with Crippen LogP contribution in [0.25, 0.3) is 0 Å². The van der Waals surface area contributed by atoms with Gasteiger partial charge in [-0.3, -0.25) is 14.4 Å². The van der Waals surface area contributed by atoms with Gasteiger partial charge in [0.25, 0.3) is 5.91 Å². The van der Waals surface area contributed by atoms with E-state index < -0.39 is 0 Å². The summed E-state index contributed by atoms with van der Waals surface area (Å²) < 4.78 is 2.12. The van der Waals surface area contributed by atoms with Crippen molar-refractivity contribution in [2.24, 2.45) is 0 Å². The summed E-state index contributed by atoms with van der Waals surface area (Å²) in [4.78, 5) is 14.4. The summed E-state index contributed by atoms with van der Waals surface area (Å²) in [5.41, 5.74) is 2.01. The van der Waals surface area contributed by atoms with Crippen LogP contribution in [0, 0.1) is 0 Å². The normalized spacial score (nSPS) is 18.4. The molecule has 0 aliphatic carbocycles. The van der Waals surface area contributed by atoms with Gasteiger partial charge in [-0.2, -0.15) is 16.4 Å². The van der Waals surface area contributed by atoms with Crippen LogP contribution in [0.15, 0.2) is 29.1 Å². The summed E-state index contributed by atoms with van der Waals surface area (Å²) in [6.07, 6.45) is 2.77. The Bertz CT molecular complexity index is 620. The van der Waals surface area contributed by atoms with E-state index >= 15 is 0 Å². The number of fused-ring (bicyclic) bond motifs is 1. The molecule has 0 radical (unpaired) electrons. The summed E-state index contributed by atoms with van der Waals surface area (Å²) >= 11 is 1.54. The van der Waals surface area contributed by atoms with Crippen molar-refractivity contribution in [3.63, 3.8) is 0 Å². The zero-order valence-corrected chi connectivity index (χ0v) is 13.8. The van der Waals surface area contributed by atoms with Crippen molar-refractivity contribution < 1.29 is 4.79 Å². The van der Waals surface area contributed by atoms with Crippen molar-refractivity contribution in [2.75, 3.05) is 13.1 Å². The van der Waals surface area contributed by atoms with Crippen molar-refractivity contribution >= 4 is 17.2 Å². The first-order valence-corrected chi connectivity index (χ1v) is 8.66. The van der Waals surface area contributed by atoms with Crippen LogP contribution in [0.3, 0.4) is 0 Å². The number of hydrogen-bond donors (Lipinski definition) is 1. The molecule has 0 spiro atoms. The highest BCUT2D eigenvalue weighted by molar-refractivity contribution is 7.08. The van der Waals surface area contributed by atoms with Gasteiger partial charge in [-0.05, 0) is 37.8 Å². The van der Waals surface area contributed by atoms with Gasteiger partial charge >= 0.3 is 0 Å². The first-order valence-electron chi connectivity index (χ1n) is 7.72. The highest BCUT2D eigenvalue weighted by Gasteiger charge is 2.26. The fourth-order valence-electron chi connectivity index (χ4n) is 2.87. The lowest BCUT2D eigenvalue weighted by Gasteiger charge is -2.36. The van der Waals surface area contributed by atoms with E-state index in [4.69, 9.17) is 0 Å². The van der Waals surface area contributed by atoms with Gasteiger partial charge in [-0.1, -0.05) is 0 Å². The molecule has 0 unspecified atom stereocenters. The summed E-state index contributed by atoms with van der Waals surface area (Å²) in [6, 6.07) is 4.79. The Hall–Kier alpha value is -1.66. The van der Waals surface area contributed by atoms with Crippen molar-refractivity contribution in [3.8, 4) is 0 Å². The average Bonchev–Trinajstić information content (AvgIpc) is 3.18. The minimum absolute atomic E-state index is 0.0125. The molecule has 0 bridgehead atoms. The van der Waals surface area contributed by atoms with E-state index in [2.05, 4.69) is 39.9 Å². The van der Waals surface area contributed by atoms with Crippen molar-refractivity contribution in [1.82, 2.24) is 20.0 Å². The van der Waals surface area contributed by atoms with Gasteiger partial charge in [0.05, 0.1) is 11.7 Å². The molecule has 1 aliphatic heterocycles. The van der Waals surface area contributed by atoms with E-state index in [1.54, 1.807) is 11.3 Å². The summed E-state index contributed by atoms with van der Waals surface area (Å²) in [6.45, 7) is 7.06. The molecule has 1 atom stereocenters. The summed E-state index contributed by atoms with van der Waals surface area (Å²) in [5, 5.41) is 11.3. The Morgan fingerprint density at radius 2 is 2.36 bits per heavy atom. The third-order valence-corrected chi connectivity index (χ3v) is 4.87. The fraction of sp³-hybridized carbons (Fsp3) is 0.500. The van der Waals surface area contributed by atoms with Gasteiger partial charge in [-0.15, -0.1) is 0 Å². The van der Waals surface area contributed by atoms with Gasteiger partial charge in [0, 0.05) is 42.8 Å². The topological polar surface area (TPSA) is 50.2 Å². The van der Waals surface area contributed by atoms with Crippen molar-refractivity contribution in [3.05, 3.63) is 40.3 Å². The first kappa shape index (κ1) is 15.2. The number of amides is 1. The molecule has 5 nitrogen and oxygen atoms in total. The predicted molar refractivity (Wildman–Crippen MR) is 88.1 cm³/mol. The maximum Gasteiger partial charge on any atom is 0.252 e. The number of nitrogens with zero attached hydrogens (tertiary/aromatic N) is 3. The van der Waals surface area contributed by atoms with Gasteiger partial charge < -0.3 is 5.32 Å². The highest BCUT2D eigenvalue weighted by Crippen LogP contribution is 2.24. The Morgan fingerprint density at radius 3 is 3.09 bits per heavy atom. The molecule has 22 heavy (non-hydrogen) atoms. The lowest BCUT2D eigenvalue weighted by Crippen LogP contribution is -2.42. The van der Waals surface area contributed by atoms with Gasteiger partial charge in [-0.25, -0.2) is 0 Å². The summed E-state index contributed by atoms with van der Waals surface area (Å²) in [5.74, 6) is 0.0125. The van der Waals surface area contributed by atoms with E-state index in [0.717, 1.165) is 25.1 Å². The number of thiophene rings is 1. The van der Waals surface area contributed by atoms with Crippen LogP contribution in [-0.2, 0) is 6.54 Å². The number of rotatable bonds is 5. The number of aromatic nitrogens is 2. The predicted octanol–water partition coefficient (Wildman–Crippen LogP) is 2.53. The van der Waals surface area contributed by atoms with E-state index in [9.17, 15) is 4.79 Å². The second-order valence-electron chi connectivity index (χ2n) is 6.00. The molecule has 1 N–H and O–H groups in total. The third-order valence-electron chi connectivity index (χ3n) is 4.19. The van der Waals surface area contributed by atoms with Crippen LogP contribution < -0.4 is 5.32 Å². The Kier molecular flexibility index (Phi) is 4.59. The Labute approximate surface area is 134 Å². The van der Waals surface area contributed by atoms with Crippen LogP contribution in [0.1, 0.15) is 42.4 Å². The molecular formula is C16H22N4OS. The van der Waals surface area contributed by atoms with Crippen LogP contribution >= 0.6 is 11.3 Å². The molecule has 118 valence electrons. The van der Waals surface area contributed by atoms with E-state index in [1.807, 2.05) is 23.0 Å². The molecule has 0 saturated carbocycles. The largest absolute Gasteiger partial charge is 0.352 e. The fourth-order valence-corrected chi connectivity index (χ4v) is 3.51. The number of carbonyl (C=O) groups is 1. The quantitative estimate of drug-likeness (QED) is 0.921. The molecule has 1 aliphatic rings. The van der Waals surface area contributed by atoms with E-state index in [1.165, 1.54) is 5.69 Å². The maximum atomic E-state index is 12.0. The molecule has 0 fully saturated rings. The minimum Gasteiger partial charge on any atom is -0.352 e. The SMILES string of the molecule is CC(C)N1Cc2ccnn2[C@H](CCNC(=O)c2ccsc2)C1. The molecule has 0 saturated heterocycles. The molecule has 3 rings (SSSR count). The van der Waals surface area contributed by atoms with Crippen LogP contribution in [-0.4, -0.2) is 39.7 Å². The van der Waals surface area contributed by atoms with E-state index in [-0.39, 0.29) is 5.91 Å². The standard InChI is InChI=1S/C16H22N4OS/c1-12(2)19-9-14(20-15(10-19)4-7-18-20)3-6-17-16(21)13-5-8-22-11-13/h4-5,7-8,11-12,14H,3,6,9-10H2,1-2H3,(H,17,21)/t14-/m1/s1. The maximum absolute atomic E-state index is 12.0. The lowest BCUT2D eigenvalue weighted by atomic mass is 10.1. The van der Waals surface area contributed by atoms with Crippen LogP contribution in [0.4, 0.5) is 0 Å². The summed E-state index contributed by atoms with van der Waals surface area (Å²) in [7, 11) is 0. The van der Waals surface area contributed by atoms with E-state index in [0.29, 0.717) is 18.6 Å². The molecule has 2 aromatic heterocycles. The van der Waals surface area contributed by atoms with Crippen molar-refractivity contribution in [1.29, 1.82) is 0 Å². The molecule has 0 aromatic carbocycles. The molecule has 6 heteroatoms. The molecule has 3 heterocycles. The van der Waals surface area contributed by atoms with Crippen molar-refractivity contribution in [2.45, 2.75) is 38.9 Å². The third kappa shape index (κ3) is 3.23. The Morgan fingerprint density at radius 1 is 1.50 bits per heavy atom. The zero-order valence-electron chi connectivity index (χ0n) is 13.0. The minimum atomic E-state index is 0.0125. The second kappa shape index (κ2) is 6.62. The molecule has 1 amide bonds. The smallest absolute Gasteiger partial charge is 0.252 e. The Balaban J connectivity index is 1.59. The monoisotopic (exact) mass is 318 g/mol.